The van der Waals surface area contributed by atoms with Crippen LogP contribution in [0.3, 0.4) is 0 Å². The van der Waals surface area contributed by atoms with Gasteiger partial charge in [0.05, 0.1) is 5.69 Å². The van der Waals surface area contributed by atoms with E-state index in [4.69, 9.17) is 0 Å². The first-order chi connectivity index (χ1) is 14.6. The van der Waals surface area contributed by atoms with E-state index < -0.39 is 5.25 Å². The Kier molecular flexibility index (Phi) is 6.32. The molecule has 3 amide bonds. The maximum Gasteiger partial charge on any atom is 0.250 e. The lowest BCUT2D eigenvalue weighted by molar-refractivity contribution is -0.135. The second-order valence-electron chi connectivity index (χ2n) is 7.39. The molecule has 4 rings (SSSR count). The van der Waals surface area contributed by atoms with Crippen LogP contribution in [0.1, 0.15) is 25.7 Å². The molecule has 1 aromatic heterocycles. The van der Waals surface area contributed by atoms with Gasteiger partial charge in [0.25, 0.3) is 5.91 Å². The smallest absolute Gasteiger partial charge is 0.250 e. The average Bonchev–Trinajstić information content (AvgIpc) is 3.05. The Morgan fingerprint density at radius 1 is 1.03 bits per heavy atom. The average molecular weight is 425 g/mol. The van der Waals surface area contributed by atoms with Crippen LogP contribution >= 0.6 is 11.8 Å². The third kappa shape index (κ3) is 4.48. The summed E-state index contributed by atoms with van der Waals surface area (Å²) in [5.41, 5.74) is 0.656. The van der Waals surface area contributed by atoms with Gasteiger partial charge in [-0.15, -0.1) is 11.8 Å². The molecule has 0 radical (unpaired) electrons. The number of thioether (sulfide) groups is 1. The van der Waals surface area contributed by atoms with E-state index in [1.807, 2.05) is 23.1 Å². The van der Waals surface area contributed by atoms with Gasteiger partial charge in [-0.3, -0.25) is 14.4 Å². The van der Waals surface area contributed by atoms with Crippen LogP contribution in [-0.2, 0) is 14.4 Å². The molecule has 1 saturated heterocycles. The molecule has 30 heavy (non-hydrogen) atoms. The molecule has 2 aromatic rings. The molecule has 0 spiro atoms. The molecule has 0 unspecified atom stereocenters. The first kappa shape index (κ1) is 20.4. The van der Waals surface area contributed by atoms with Gasteiger partial charge < -0.3 is 15.1 Å². The number of fused-ring (bicyclic) bond motifs is 1. The molecular formula is C22H24N4O3S. The zero-order valence-corrected chi connectivity index (χ0v) is 17.4. The standard InChI is InChI=1S/C22H24N4O3S/c27-19(24-18-11-5-6-12-23-18)15-26-16-9-3-4-10-17(16)30-20(22(26)29)21(28)25-13-7-1-2-8-14-25/h3-6,9-12,20H,1-2,7-8,13-15H2,(H,23,24,27)/t20-/m1/s1. The number of para-hydroxylation sites is 1. The number of pyridine rings is 1. The number of anilines is 2. The highest BCUT2D eigenvalue weighted by atomic mass is 32.2. The van der Waals surface area contributed by atoms with E-state index in [1.54, 1.807) is 30.5 Å². The van der Waals surface area contributed by atoms with Crippen molar-refractivity contribution >= 4 is 41.0 Å². The number of hydrogen-bond acceptors (Lipinski definition) is 5. The summed E-state index contributed by atoms with van der Waals surface area (Å²) in [4.78, 5) is 47.3. The Morgan fingerprint density at radius 3 is 2.50 bits per heavy atom. The minimum atomic E-state index is -0.861. The molecule has 0 aliphatic carbocycles. The van der Waals surface area contributed by atoms with E-state index in [0.717, 1.165) is 30.6 Å². The molecule has 2 aliphatic heterocycles. The van der Waals surface area contributed by atoms with Gasteiger partial charge in [0, 0.05) is 24.2 Å². The summed E-state index contributed by atoms with van der Waals surface area (Å²) >= 11 is 1.28. The van der Waals surface area contributed by atoms with Gasteiger partial charge in [-0.25, -0.2) is 4.98 Å². The van der Waals surface area contributed by atoms with Crippen LogP contribution in [0, 0.1) is 0 Å². The maximum atomic E-state index is 13.3. The summed E-state index contributed by atoms with van der Waals surface area (Å²) in [6, 6.07) is 12.6. The van der Waals surface area contributed by atoms with E-state index in [9.17, 15) is 14.4 Å². The van der Waals surface area contributed by atoms with E-state index in [1.165, 1.54) is 16.7 Å². The fourth-order valence-corrected chi connectivity index (χ4v) is 4.94. The SMILES string of the molecule is O=C(CN1C(=O)[C@@H](C(=O)N2CCCCCC2)Sc2ccccc21)Nc1ccccn1. The highest BCUT2D eigenvalue weighted by Crippen LogP contribution is 2.39. The number of hydrogen-bond donors (Lipinski definition) is 1. The lowest BCUT2D eigenvalue weighted by Gasteiger charge is -2.34. The van der Waals surface area contributed by atoms with Gasteiger partial charge in [-0.1, -0.05) is 31.0 Å². The van der Waals surface area contributed by atoms with Crippen LogP contribution in [0.5, 0.6) is 0 Å². The quantitative estimate of drug-likeness (QED) is 0.763. The van der Waals surface area contributed by atoms with Crippen molar-refractivity contribution in [3.63, 3.8) is 0 Å². The predicted molar refractivity (Wildman–Crippen MR) is 116 cm³/mol. The number of amides is 3. The number of rotatable bonds is 4. The topological polar surface area (TPSA) is 82.6 Å². The molecule has 2 aliphatic rings. The van der Waals surface area contributed by atoms with Gasteiger partial charge >= 0.3 is 0 Å². The molecule has 1 atom stereocenters. The highest BCUT2D eigenvalue weighted by molar-refractivity contribution is 8.01. The number of nitrogens with zero attached hydrogens (tertiary/aromatic N) is 3. The van der Waals surface area contributed by atoms with Crippen molar-refractivity contribution in [3.8, 4) is 0 Å². The van der Waals surface area contributed by atoms with Crippen LogP contribution in [0.4, 0.5) is 11.5 Å². The Hall–Kier alpha value is -2.87. The second-order valence-corrected chi connectivity index (χ2v) is 8.54. The zero-order chi connectivity index (χ0) is 20.9. The zero-order valence-electron chi connectivity index (χ0n) is 16.6. The largest absolute Gasteiger partial charge is 0.341 e. The molecule has 3 heterocycles. The third-order valence-corrected chi connectivity index (χ3v) is 6.51. The molecule has 8 heteroatoms. The van der Waals surface area contributed by atoms with Crippen LogP contribution in [0.2, 0.25) is 0 Å². The lowest BCUT2D eigenvalue weighted by atomic mass is 10.2. The number of carbonyl (C=O) groups is 3. The van der Waals surface area contributed by atoms with Crippen LogP contribution in [0.15, 0.2) is 53.6 Å². The molecular weight excluding hydrogens is 400 g/mol. The van der Waals surface area contributed by atoms with E-state index >= 15 is 0 Å². The molecule has 1 fully saturated rings. The molecule has 156 valence electrons. The van der Waals surface area contributed by atoms with Crippen LogP contribution < -0.4 is 10.2 Å². The molecule has 1 N–H and O–H groups in total. The second kappa shape index (κ2) is 9.30. The van der Waals surface area contributed by atoms with E-state index in [2.05, 4.69) is 10.3 Å². The third-order valence-electron chi connectivity index (χ3n) is 5.27. The van der Waals surface area contributed by atoms with Crippen molar-refractivity contribution in [1.29, 1.82) is 0 Å². The minimum absolute atomic E-state index is 0.156. The van der Waals surface area contributed by atoms with E-state index in [0.29, 0.717) is 24.6 Å². The molecule has 0 saturated carbocycles. The first-order valence-electron chi connectivity index (χ1n) is 10.2. The monoisotopic (exact) mass is 424 g/mol. The van der Waals surface area contributed by atoms with Gasteiger partial charge in [0.1, 0.15) is 12.4 Å². The number of nitrogens with one attached hydrogen (secondary N) is 1. The van der Waals surface area contributed by atoms with E-state index in [-0.39, 0.29) is 24.3 Å². The summed E-state index contributed by atoms with van der Waals surface area (Å²) < 4.78 is 0. The van der Waals surface area contributed by atoms with Crippen molar-refractivity contribution in [3.05, 3.63) is 48.7 Å². The van der Waals surface area contributed by atoms with Crippen molar-refractivity contribution in [2.45, 2.75) is 35.8 Å². The summed E-state index contributed by atoms with van der Waals surface area (Å²) in [7, 11) is 0. The fraction of sp³-hybridized carbons (Fsp3) is 0.364. The van der Waals surface area contributed by atoms with Gasteiger partial charge in [-0.05, 0) is 37.1 Å². The number of likely N-dealkylation sites (tertiary alicyclic amines) is 1. The van der Waals surface area contributed by atoms with Gasteiger partial charge in [0.15, 0.2) is 5.25 Å². The summed E-state index contributed by atoms with van der Waals surface area (Å²) in [5.74, 6) is -0.433. The Bertz CT molecular complexity index is 929. The van der Waals surface area contributed by atoms with Crippen molar-refractivity contribution < 1.29 is 14.4 Å². The van der Waals surface area contributed by atoms with Gasteiger partial charge in [0.2, 0.25) is 11.8 Å². The maximum absolute atomic E-state index is 13.3. The van der Waals surface area contributed by atoms with Crippen molar-refractivity contribution in [2.75, 3.05) is 29.9 Å². The highest BCUT2D eigenvalue weighted by Gasteiger charge is 2.40. The molecule has 7 nitrogen and oxygen atoms in total. The number of benzene rings is 1. The Balaban J connectivity index is 1.55. The van der Waals surface area contributed by atoms with Crippen LogP contribution in [-0.4, -0.2) is 52.5 Å². The normalized spacial score (nSPS) is 19.1. The summed E-state index contributed by atoms with van der Waals surface area (Å²) in [6.07, 6.45) is 5.73. The number of aromatic nitrogens is 1. The van der Waals surface area contributed by atoms with Crippen molar-refractivity contribution in [1.82, 2.24) is 9.88 Å². The summed E-state index contributed by atoms with van der Waals surface area (Å²) in [6.45, 7) is 1.20. The number of carbonyl (C=O) groups excluding carboxylic acids is 3. The Morgan fingerprint density at radius 2 is 1.77 bits per heavy atom. The Labute approximate surface area is 179 Å². The minimum Gasteiger partial charge on any atom is -0.341 e. The molecule has 1 aromatic carbocycles. The molecule has 0 bridgehead atoms. The van der Waals surface area contributed by atoms with Crippen molar-refractivity contribution in [2.24, 2.45) is 0 Å². The summed E-state index contributed by atoms with van der Waals surface area (Å²) in [5, 5.41) is 1.85. The predicted octanol–water partition coefficient (Wildman–Crippen LogP) is 2.93. The first-order valence-corrected chi connectivity index (χ1v) is 11.1. The van der Waals surface area contributed by atoms with Gasteiger partial charge in [-0.2, -0.15) is 0 Å². The van der Waals surface area contributed by atoms with Crippen LogP contribution in [0.25, 0.3) is 0 Å². The fourth-order valence-electron chi connectivity index (χ4n) is 3.76. The lowest BCUT2D eigenvalue weighted by Crippen LogP contribution is -2.51.